The summed E-state index contributed by atoms with van der Waals surface area (Å²) in [6, 6.07) is 145. The Morgan fingerprint density at radius 1 is 0.173 bits per heavy atom. The van der Waals surface area contributed by atoms with Crippen molar-refractivity contribution in [1.29, 1.82) is 0 Å². The molecule has 110 heavy (non-hydrogen) atoms. The molecule has 0 N–H and O–H groups in total. The lowest BCUT2D eigenvalue weighted by atomic mass is 9.70. The Hall–Kier alpha value is -13.4. The highest BCUT2D eigenvalue weighted by Gasteiger charge is 2.54. The standard InChI is InChI=1S/C56H39N.C52H37N/c1-55(2)47-27-10-5-23-42(47)45-25-16-26-46(54(45)55)44-24-9-14-31-53(44)57(52-32-15-18-36-17-3-4-19-38(36)52)37-33-34-43-41-22-8-13-30-50(41)56(51(43)35-37)48-28-11-6-20-39(48)40-21-7-12-29-49(40)56;1-51(2)44-26-11-6-22-39(44)42-24-16-25-43(50(42)51)41-23-10-15-30-49(41)53(34-17-4-3-5-18-34)35-31-32-40-38-21-9-14-29-47(38)52(48(40)33-35)45-27-12-7-19-36(45)37-20-8-13-28-46(37)52/h3-35H,1-2H3;3-33H,1-2H3. The molecular weight excluding hydrogens is 1330 g/mol. The van der Waals surface area contributed by atoms with Gasteiger partial charge in [-0.3, -0.25) is 0 Å². The Labute approximate surface area is 643 Å². The summed E-state index contributed by atoms with van der Waals surface area (Å²) in [5.74, 6) is 0. The van der Waals surface area contributed by atoms with Crippen LogP contribution in [0.3, 0.4) is 0 Å². The number of benzene rings is 17. The van der Waals surface area contributed by atoms with Crippen molar-refractivity contribution in [3.63, 3.8) is 0 Å². The minimum atomic E-state index is -0.435. The topological polar surface area (TPSA) is 6.48 Å². The first kappa shape index (κ1) is 63.8. The third-order valence-electron chi connectivity index (χ3n) is 25.5. The predicted octanol–water partition coefficient (Wildman–Crippen LogP) is 28.1. The summed E-state index contributed by atoms with van der Waals surface area (Å²) in [5, 5.41) is 2.44. The van der Waals surface area contributed by atoms with E-state index in [1.54, 1.807) is 0 Å². The Morgan fingerprint density at radius 3 is 0.845 bits per heavy atom. The number of rotatable bonds is 8. The molecule has 6 aliphatic carbocycles. The molecule has 17 aromatic carbocycles. The highest BCUT2D eigenvalue weighted by molar-refractivity contribution is 6.05. The third kappa shape index (κ3) is 8.76. The summed E-state index contributed by atoms with van der Waals surface area (Å²) >= 11 is 0. The zero-order valence-electron chi connectivity index (χ0n) is 61.8. The highest BCUT2D eigenvalue weighted by Crippen LogP contribution is 2.67. The molecule has 0 radical (unpaired) electrons. The second-order valence-corrected chi connectivity index (χ2v) is 31.6. The molecule has 2 spiro atoms. The molecule has 0 saturated heterocycles. The lowest BCUT2D eigenvalue weighted by molar-refractivity contribution is 0.662. The summed E-state index contributed by atoms with van der Waals surface area (Å²) in [7, 11) is 0. The van der Waals surface area contributed by atoms with Gasteiger partial charge in [0.15, 0.2) is 0 Å². The predicted molar refractivity (Wildman–Crippen MR) is 458 cm³/mol. The molecule has 0 heterocycles. The van der Waals surface area contributed by atoms with Gasteiger partial charge in [0.2, 0.25) is 0 Å². The maximum atomic E-state index is 2.54. The first-order chi connectivity index (χ1) is 54.1. The SMILES string of the molecule is CC1(C)c2ccccc2-c2cccc(-c3ccccc3N(c3ccc4c(c3)C3(c5ccccc5-c5ccccc53)c3ccccc3-4)c3cccc4ccccc34)c21.CC1(C)c2ccccc2-c2cccc(-c3ccccc3N(c3ccccc3)c3ccc4c(c3)C3(c5ccccc5-c5ccccc53)c3ccccc3-4)c21. The quantitative estimate of drug-likeness (QED) is 0.150. The molecule has 0 atom stereocenters. The molecule has 0 bridgehead atoms. The second kappa shape index (κ2) is 24.1. The van der Waals surface area contributed by atoms with Crippen LogP contribution in [0.5, 0.6) is 0 Å². The molecule has 6 aliphatic rings. The number of para-hydroxylation sites is 3. The van der Waals surface area contributed by atoms with Gasteiger partial charge in [-0.2, -0.15) is 0 Å². The summed E-state index contributed by atoms with van der Waals surface area (Å²) < 4.78 is 0. The van der Waals surface area contributed by atoms with Crippen molar-refractivity contribution in [2.45, 2.75) is 49.4 Å². The number of nitrogens with zero attached hydrogens (tertiary/aromatic N) is 2. The Balaban J connectivity index is 0.000000136. The largest absolute Gasteiger partial charge is 0.310 e. The molecule has 0 aliphatic heterocycles. The third-order valence-corrected chi connectivity index (χ3v) is 25.5. The van der Waals surface area contributed by atoms with Gasteiger partial charge in [0, 0.05) is 44.4 Å². The molecule has 0 aromatic heterocycles. The molecule has 2 heteroatoms. The molecule has 23 rings (SSSR count). The van der Waals surface area contributed by atoms with E-state index >= 15 is 0 Å². The van der Waals surface area contributed by atoms with E-state index in [2.05, 4.69) is 426 Å². The fourth-order valence-electron chi connectivity index (χ4n) is 21.2. The Bertz CT molecular complexity index is 6570. The van der Waals surface area contributed by atoms with Crippen LogP contribution in [0.15, 0.2) is 388 Å². The van der Waals surface area contributed by atoms with Crippen LogP contribution in [-0.2, 0) is 21.7 Å². The second-order valence-electron chi connectivity index (χ2n) is 31.6. The van der Waals surface area contributed by atoms with E-state index in [0.717, 1.165) is 34.1 Å². The van der Waals surface area contributed by atoms with E-state index < -0.39 is 10.8 Å². The van der Waals surface area contributed by atoms with Gasteiger partial charge in [0.05, 0.1) is 27.9 Å². The maximum Gasteiger partial charge on any atom is 0.0726 e. The average Bonchev–Trinajstić information content (AvgIpc) is 1.51. The molecule has 0 saturated carbocycles. The van der Waals surface area contributed by atoms with Gasteiger partial charge < -0.3 is 9.80 Å². The van der Waals surface area contributed by atoms with E-state index in [4.69, 9.17) is 0 Å². The van der Waals surface area contributed by atoms with Crippen molar-refractivity contribution in [3.05, 3.63) is 455 Å². The zero-order chi connectivity index (χ0) is 73.2. The molecular formula is C108H76N2. The summed E-state index contributed by atoms with van der Waals surface area (Å²) in [6.07, 6.45) is 0. The monoisotopic (exact) mass is 1400 g/mol. The van der Waals surface area contributed by atoms with Crippen LogP contribution in [-0.4, -0.2) is 0 Å². The fourth-order valence-corrected chi connectivity index (χ4v) is 21.2. The molecule has 0 fully saturated rings. The summed E-state index contributed by atoms with van der Waals surface area (Å²) in [5.41, 5.74) is 43.0. The van der Waals surface area contributed by atoms with Crippen LogP contribution in [0.25, 0.3) is 99.8 Å². The van der Waals surface area contributed by atoms with E-state index in [-0.39, 0.29) is 10.8 Å². The van der Waals surface area contributed by atoms with Crippen LogP contribution in [0, 0.1) is 0 Å². The van der Waals surface area contributed by atoms with E-state index in [9.17, 15) is 0 Å². The van der Waals surface area contributed by atoms with Crippen molar-refractivity contribution in [2.24, 2.45) is 0 Å². The number of fused-ring (bicyclic) bond motifs is 27. The van der Waals surface area contributed by atoms with Crippen LogP contribution in [0.4, 0.5) is 34.1 Å². The van der Waals surface area contributed by atoms with Crippen molar-refractivity contribution in [1.82, 2.24) is 0 Å². The minimum absolute atomic E-state index is 0.137. The van der Waals surface area contributed by atoms with Gasteiger partial charge in [-0.1, -0.05) is 361 Å². The number of hydrogen-bond acceptors (Lipinski definition) is 2. The smallest absolute Gasteiger partial charge is 0.0726 e. The summed E-state index contributed by atoms with van der Waals surface area (Å²) in [4.78, 5) is 5.02. The number of anilines is 6. The Morgan fingerprint density at radius 2 is 0.436 bits per heavy atom. The fraction of sp³-hybridized carbons (Fsp3) is 0.0741. The van der Waals surface area contributed by atoms with Crippen molar-refractivity contribution in [2.75, 3.05) is 9.80 Å². The van der Waals surface area contributed by atoms with Crippen molar-refractivity contribution in [3.8, 4) is 89.0 Å². The highest BCUT2D eigenvalue weighted by atomic mass is 15.2. The summed E-state index contributed by atoms with van der Waals surface area (Å²) in [6.45, 7) is 9.55. The van der Waals surface area contributed by atoms with Crippen molar-refractivity contribution >= 4 is 44.9 Å². The number of hydrogen-bond donors (Lipinski definition) is 0. The van der Waals surface area contributed by atoms with E-state index in [1.807, 2.05) is 0 Å². The molecule has 518 valence electrons. The molecule has 2 nitrogen and oxygen atoms in total. The van der Waals surface area contributed by atoms with Gasteiger partial charge >= 0.3 is 0 Å². The maximum absolute atomic E-state index is 2.54. The zero-order valence-corrected chi connectivity index (χ0v) is 61.8. The average molecular weight is 1400 g/mol. The first-order valence-corrected chi connectivity index (χ1v) is 38.8. The van der Waals surface area contributed by atoms with Gasteiger partial charge in [0.1, 0.15) is 0 Å². The van der Waals surface area contributed by atoms with Gasteiger partial charge in [-0.05, 0) is 205 Å². The van der Waals surface area contributed by atoms with Crippen LogP contribution >= 0.6 is 0 Å². The van der Waals surface area contributed by atoms with Crippen LogP contribution in [0.1, 0.15) is 94.5 Å². The van der Waals surface area contributed by atoms with Gasteiger partial charge in [-0.15, -0.1) is 0 Å². The molecule has 0 amide bonds. The lowest BCUT2D eigenvalue weighted by Crippen LogP contribution is -2.26. The van der Waals surface area contributed by atoms with E-state index in [1.165, 1.54) is 167 Å². The van der Waals surface area contributed by atoms with Gasteiger partial charge in [0.25, 0.3) is 0 Å². The lowest BCUT2D eigenvalue weighted by Gasteiger charge is -2.33. The van der Waals surface area contributed by atoms with Crippen LogP contribution < -0.4 is 9.80 Å². The Kier molecular flexibility index (Phi) is 14.0. The normalized spacial score (nSPS) is 14.5. The van der Waals surface area contributed by atoms with Crippen molar-refractivity contribution < 1.29 is 0 Å². The van der Waals surface area contributed by atoms with Gasteiger partial charge in [-0.25, -0.2) is 0 Å². The first-order valence-electron chi connectivity index (χ1n) is 38.8. The van der Waals surface area contributed by atoms with Crippen LogP contribution in [0.2, 0.25) is 0 Å². The molecule has 0 unspecified atom stereocenters. The van der Waals surface area contributed by atoms with E-state index in [0.29, 0.717) is 0 Å². The molecule has 17 aromatic rings. The minimum Gasteiger partial charge on any atom is -0.310 e.